The first-order chi connectivity index (χ1) is 15.2. The molecule has 3 rings (SSSR count). The predicted octanol–water partition coefficient (Wildman–Crippen LogP) is 4.56. The van der Waals surface area contributed by atoms with Gasteiger partial charge < -0.3 is 10.2 Å². The molecule has 0 bridgehead atoms. The largest absolute Gasteiger partial charge is 0.340 e. The number of benzene rings is 2. The SMILES string of the molecule is Cc1nn(-c2ccccc2)c(C)c1CN(C)C(=O)C(NC(=O)c1ccccc1Cl)C(C)C. The monoisotopic (exact) mass is 452 g/mol. The number of nitrogens with zero attached hydrogens (tertiary/aromatic N) is 3. The molecule has 1 unspecified atom stereocenters. The highest BCUT2D eigenvalue weighted by Gasteiger charge is 2.29. The van der Waals surface area contributed by atoms with Gasteiger partial charge in [0.1, 0.15) is 6.04 Å². The molecule has 0 spiro atoms. The van der Waals surface area contributed by atoms with Crippen LogP contribution in [0.15, 0.2) is 54.6 Å². The van der Waals surface area contributed by atoms with Crippen molar-refractivity contribution in [1.82, 2.24) is 20.0 Å². The van der Waals surface area contributed by atoms with E-state index in [1.54, 1.807) is 36.2 Å². The molecule has 2 aromatic carbocycles. The number of nitrogens with one attached hydrogen (secondary N) is 1. The van der Waals surface area contributed by atoms with Crippen LogP contribution in [0, 0.1) is 19.8 Å². The van der Waals surface area contributed by atoms with Crippen LogP contribution >= 0.6 is 11.6 Å². The van der Waals surface area contributed by atoms with Gasteiger partial charge in [0, 0.05) is 24.8 Å². The topological polar surface area (TPSA) is 67.2 Å². The van der Waals surface area contributed by atoms with Crippen LogP contribution in [0.25, 0.3) is 5.69 Å². The highest BCUT2D eigenvalue weighted by atomic mass is 35.5. The average molecular weight is 453 g/mol. The number of likely N-dealkylation sites (N-methyl/N-ethyl adjacent to an activating group) is 1. The fraction of sp³-hybridized carbons (Fsp3) is 0.320. The van der Waals surface area contributed by atoms with Gasteiger partial charge in [0.2, 0.25) is 5.91 Å². The lowest BCUT2D eigenvalue weighted by Crippen LogP contribution is -2.50. The van der Waals surface area contributed by atoms with Crippen LogP contribution in [-0.2, 0) is 11.3 Å². The number of para-hydroxylation sites is 1. The molecule has 32 heavy (non-hydrogen) atoms. The summed E-state index contributed by atoms with van der Waals surface area (Å²) in [6.07, 6.45) is 0. The molecule has 6 nitrogen and oxygen atoms in total. The fourth-order valence-electron chi connectivity index (χ4n) is 3.65. The number of carbonyl (C=O) groups is 2. The molecule has 1 atom stereocenters. The summed E-state index contributed by atoms with van der Waals surface area (Å²) in [5.41, 5.74) is 4.16. The first-order valence-corrected chi connectivity index (χ1v) is 11.0. The van der Waals surface area contributed by atoms with E-state index in [1.165, 1.54) is 0 Å². The van der Waals surface area contributed by atoms with E-state index in [4.69, 9.17) is 11.6 Å². The van der Waals surface area contributed by atoms with Crippen LogP contribution in [0.3, 0.4) is 0 Å². The standard InChI is InChI=1S/C25H29ClN4O2/c1-16(2)23(27-24(31)20-13-9-10-14-22(20)26)25(32)29(5)15-21-17(3)28-30(18(21)4)19-11-7-6-8-12-19/h6-14,16,23H,15H2,1-5H3,(H,27,31). The van der Waals surface area contributed by atoms with Crippen molar-refractivity contribution in [3.05, 3.63) is 82.1 Å². The quantitative estimate of drug-likeness (QED) is 0.571. The Morgan fingerprint density at radius 2 is 1.69 bits per heavy atom. The third-order valence-corrected chi connectivity index (χ3v) is 5.88. The molecule has 2 amide bonds. The Hall–Kier alpha value is -3.12. The maximum Gasteiger partial charge on any atom is 0.253 e. The van der Waals surface area contributed by atoms with E-state index < -0.39 is 6.04 Å². The van der Waals surface area contributed by atoms with E-state index in [1.807, 2.05) is 62.7 Å². The molecule has 1 aromatic heterocycles. The molecule has 3 aromatic rings. The maximum atomic E-state index is 13.3. The number of halogens is 1. The lowest BCUT2D eigenvalue weighted by molar-refractivity contribution is -0.133. The molecule has 0 aliphatic rings. The summed E-state index contributed by atoms with van der Waals surface area (Å²) >= 11 is 6.15. The first kappa shape index (κ1) is 23.5. The predicted molar refractivity (Wildman–Crippen MR) is 127 cm³/mol. The number of amides is 2. The maximum absolute atomic E-state index is 13.3. The van der Waals surface area contributed by atoms with Crippen molar-refractivity contribution in [3.8, 4) is 5.69 Å². The Morgan fingerprint density at radius 1 is 1.06 bits per heavy atom. The van der Waals surface area contributed by atoms with Gasteiger partial charge in [-0.1, -0.05) is 55.8 Å². The van der Waals surface area contributed by atoms with E-state index in [2.05, 4.69) is 10.4 Å². The van der Waals surface area contributed by atoms with Crippen LogP contribution in [-0.4, -0.2) is 39.6 Å². The summed E-state index contributed by atoms with van der Waals surface area (Å²) < 4.78 is 1.89. The zero-order valence-electron chi connectivity index (χ0n) is 19.1. The second-order valence-corrected chi connectivity index (χ2v) is 8.67. The van der Waals surface area contributed by atoms with Crippen molar-refractivity contribution in [2.75, 3.05) is 7.05 Å². The number of hydrogen-bond acceptors (Lipinski definition) is 3. The highest BCUT2D eigenvalue weighted by molar-refractivity contribution is 6.33. The molecule has 168 valence electrons. The summed E-state index contributed by atoms with van der Waals surface area (Å²) in [5, 5.41) is 7.88. The van der Waals surface area contributed by atoms with Crippen molar-refractivity contribution in [2.45, 2.75) is 40.3 Å². The summed E-state index contributed by atoms with van der Waals surface area (Å²) in [6, 6.07) is 16.0. The Morgan fingerprint density at radius 3 is 2.31 bits per heavy atom. The van der Waals surface area contributed by atoms with Gasteiger partial charge in [-0.05, 0) is 44.0 Å². The Balaban J connectivity index is 1.78. The Labute approximate surface area is 194 Å². The number of aromatic nitrogens is 2. The van der Waals surface area contributed by atoms with Gasteiger partial charge >= 0.3 is 0 Å². The molecular weight excluding hydrogens is 424 g/mol. The first-order valence-electron chi connectivity index (χ1n) is 10.6. The third-order valence-electron chi connectivity index (χ3n) is 5.55. The minimum atomic E-state index is -0.673. The lowest BCUT2D eigenvalue weighted by atomic mass is 10.0. The molecule has 1 N–H and O–H groups in total. The number of aryl methyl sites for hydroxylation is 1. The molecule has 0 radical (unpaired) electrons. The van der Waals surface area contributed by atoms with E-state index >= 15 is 0 Å². The zero-order chi connectivity index (χ0) is 23.4. The van der Waals surface area contributed by atoms with E-state index in [9.17, 15) is 9.59 Å². The minimum Gasteiger partial charge on any atom is -0.340 e. The van der Waals surface area contributed by atoms with Crippen molar-refractivity contribution in [2.24, 2.45) is 5.92 Å². The number of hydrogen-bond donors (Lipinski definition) is 1. The summed E-state index contributed by atoms with van der Waals surface area (Å²) in [4.78, 5) is 27.7. The second-order valence-electron chi connectivity index (χ2n) is 8.27. The number of rotatable bonds is 7. The van der Waals surface area contributed by atoms with Gasteiger partial charge in [-0.15, -0.1) is 0 Å². The second kappa shape index (κ2) is 10.0. The third kappa shape index (κ3) is 5.02. The summed E-state index contributed by atoms with van der Waals surface area (Å²) in [6.45, 7) is 8.16. The lowest BCUT2D eigenvalue weighted by Gasteiger charge is -2.27. The molecule has 0 saturated heterocycles. The fourth-order valence-corrected chi connectivity index (χ4v) is 3.88. The molecule has 1 heterocycles. The van der Waals surface area contributed by atoms with Crippen LogP contribution in [0.4, 0.5) is 0 Å². The van der Waals surface area contributed by atoms with Gasteiger partial charge in [0.15, 0.2) is 0 Å². The van der Waals surface area contributed by atoms with E-state index in [-0.39, 0.29) is 17.7 Å². The minimum absolute atomic E-state index is 0.0920. The molecular formula is C25H29ClN4O2. The van der Waals surface area contributed by atoms with Gasteiger partial charge in [-0.3, -0.25) is 9.59 Å². The molecule has 0 aliphatic heterocycles. The van der Waals surface area contributed by atoms with Crippen LogP contribution in [0.5, 0.6) is 0 Å². The smallest absolute Gasteiger partial charge is 0.253 e. The van der Waals surface area contributed by atoms with Crippen molar-refractivity contribution < 1.29 is 9.59 Å². The zero-order valence-corrected chi connectivity index (χ0v) is 19.8. The average Bonchev–Trinajstić information content (AvgIpc) is 3.05. The van der Waals surface area contributed by atoms with Gasteiger partial charge in [-0.2, -0.15) is 5.10 Å². The van der Waals surface area contributed by atoms with Crippen LogP contribution in [0.1, 0.15) is 41.2 Å². The highest BCUT2D eigenvalue weighted by Crippen LogP contribution is 2.20. The summed E-state index contributed by atoms with van der Waals surface area (Å²) in [5.74, 6) is -0.613. The van der Waals surface area contributed by atoms with Gasteiger partial charge in [-0.25, -0.2) is 4.68 Å². The molecule has 0 fully saturated rings. The Bertz CT molecular complexity index is 1110. The van der Waals surface area contributed by atoms with Crippen molar-refractivity contribution in [1.29, 1.82) is 0 Å². The van der Waals surface area contributed by atoms with Gasteiger partial charge in [0.05, 0.1) is 22.0 Å². The molecule has 0 saturated carbocycles. The molecule has 0 aliphatic carbocycles. The van der Waals surface area contributed by atoms with Crippen LogP contribution < -0.4 is 5.32 Å². The van der Waals surface area contributed by atoms with Crippen LogP contribution in [0.2, 0.25) is 5.02 Å². The number of carbonyl (C=O) groups excluding carboxylic acids is 2. The van der Waals surface area contributed by atoms with Crippen molar-refractivity contribution >= 4 is 23.4 Å². The van der Waals surface area contributed by atoms with Gasteiger partial charge in [0.25, 0.3) is 5.91 Å². The van der Waals surface area contributed by atoms with E-state index in [0.29, 0.717) is 17.1 Å². The Kier molecular flexibility index (Phi) is 7.36. The van der Waals surface area contributed by atoms with E-state index in [0.717, 1.165) is 22.6 Å². The van der Waals surface area contributed by atoms with Crippen molar-refractivity contribution in [3.63, 3.8) is 0 Å². The normalized spacial score (nSPS) is 12.0. The molecule has 7 heteroatoms. The summed E-state index contributed by atoms with van der Waals surface area (Å²) in [7, 11) is 1.75.